The van der Waals surface area contributed by atoms with Gasteiger partial charge in [-0.05, 0) is 36.6 Å². The van der Waals surface area contributed by atoms with Gasteiger partial charge in [0.05, 0.1) is 24.1 Å². The van der Waals surface area contributed by atoms with Gasteiger partial charge in [0.2, 0.25) is 0 Å². The maximum atomic E-state index is 12.3. The van der Waals surface area contributed by atoms with Gasteiger partial charge in [0.25, 0.3) is 0 Å². The first-order chi connectivity index (χ1) is 12.9. The SMILES string of the molecule is COC(=O)Cc1c(C)c2cc(Cl)c(OCc3ccccc3C)cc2oc1=O. The van der Waals surface area contributed by atoms with E-state index in [1.807, 2.05) is 31.2 Å². The highest BCUT2D eigenvalue weighted by Crippen LogP contribution is 2.32. The molecule has 0 unspecified atom stereocenters. The van der Waals surface area contributed by atoms with Gasteiger partial charge in [-0.25, -0.2) is 4.79 Å². The van der Waals surface area contributed by atoms with Crippen molar-refractivity contribution in [1.29, 1.82) is 0 Å². The van der Waals surface area contributed by atoms with E-state index >= 15 is 0 Å². The van der Waals surface area contributed by atoms with Crippen molar-refractivity contribution in [2.24, 2.45) is 0 Å². The van der Waals surface area contributed by atoms with Crippen LogP contribution in [0.25, 0.3) is 11.0 Å². The predicted molar refractivity (Wildman–Crippen MR) is 103 cm³/mol. The molecular formula is C21H19ClO5. The van der Waals surface area contributed by atoms with Crippen molar-refractivity contribution in [2.45, 2.75) is 26.9 Å². The van der Waals surface area contributed by atoms with E-state index in [1.165, 1.54) is 7.11 Å². The summed E-state index contributed by atoms with van der Waals surface area (Å²) >= 11 is 6.37. The Bertz CT molecular complexity index is 1070. The Kier molecular flexibility index (Phi) is 5.51. The van der Waals surface area contributed by atoms with Crippen LogP contribution in [0.2, 0.25) is 5.02 Å². The van der Waals surface area contributed by atoms with Crippen LogP contribution in [-0.2, 0) is 22.6 Å². The average molecular weight is 387 g/mol. The second-order valence-corrected chi connectivity index (χ2v) is 6.65. The van der Waals surface area contributed by atoms with Crippen LogP contribution in [0, 0.1) is 13.8 Å². The second kappa shape index (κ2) is 7.84. The van der Waals surface area contributed by atoms with Crippen molar-refractivity contribution in [3.8, 4) is 5.75 Å². The molecule has 5 nitrogen and oxygen atoms in total. The van der Waals surface area contributed by atoms with Crippen molar-refractivity contribution >= 4 is 28.5 Å². The summed E-state index contributed by atoms with van der Waals surface area (Å²) in [6, 6.07) is 11.2. The maximum Gasteiger partial charge on any atom is 0.340 e. The van der Waals surface area contributed by atoms with Gasteiger partial charge in [-0.15, -0.1) is 0 Å². The maximum absolute atomic E-state index is 12.3. The van der Waals surface area contributed by atoms with Crippen LogP contribution in [0.15, 0.2) is 45.6 Å². The van der Waals surface area contributed by atoms with Crippen molar-refractivity contribution in [3.05, 3.63) is 74.1 Å². The summed E-state index contributed by atoms with van der Waals surface area (Å²) < 4.78 is 15.9. The first-order valence-corrected chi connectivity index (χ1v) is 8.78. The lowest BCUT2D eigenvalue weighted by Crippen LogP contribution is -2.16. The standard InChI is InChI=1S/C21H19ClO5/c1-12-6-4-5-7-14(12)11-26-19-10-18-15(8-17(19)22)13(2)16(21(24)27-18)9-20(23)25-3/h4-8,10H,9,11H2,1-3H3. The molecule has 0 amide bonds. The van der Waals surface area contributed by atoms with Gasteiger partial charge in [-0.1, -0.05) is 35.9 Å². The van der Waals surface area contributed by atoms with Crippen LogP contribution >= 0.6 is 11.6 Å². The second-order valence-electron chi connectivity index (χ2n) is 6.24. The normalized spacial score (nSPS) is 10.8. The number of esters is 1. The zero-order valence-electron chi connectivity index (χ0n) is 15.3. The molecule has 0 radical (unpaired) electrons. The highest BCUT2D eigenvalue weighted by Gasteiger charge is 2.17. The number of aryl methyl sites for hydroxylation is 2. The van der Waals surface area contributed by atoms with E-state index in [4.69, 9.17) is 20.8 Å². The summed E-state index contributed by atoms with van der Waals surface area (Å²) in [5, 5.41) is 1.05. The van der Waals surface area contributed by atoms with E-state index in [0.29, 0.717) is 33.9 Å². The summed E-state index contributed by atoms with van der Waals surface area (Å²) in [4.78, 5) is 23.8. The molecule has 1 heterocycles. The quantitative estimate of drug-likeness (QED) is 0.481. The van der Waals surface area contributed by atoms with Crippen molar-refractivity contribution in [2.75, 3.05) is 7.11 Å². The van der Waals surface area contributed by atoms with Gasteiger partial charge >= 0.3 is 11.6 Å². The molecule has 0 saturated heterocycles. The van der Waals surface area contributed by atoms with Crippen LogP contribution in [0.3, 0.4) is 0 Å². The number of carbonyl (C=O) groups excluding carboxylic acids is 1. The summed E-state index contributed by atoms with van der Waals surface area (Å²) in [6.07, 6.45) is -0.149. The third kappa shape index (κ3) is 3.98. The molecule has 0 aliphatic carbocycles. The largest absolute Gasteiger partial charge is 0.487 e. The highest BCUT2D eigenvalue weighted by molar-refractivity contribution is 6.32. The smallest absolute Gasteiger partial charge is 0.340 e. The van der Waals surface area contributed by atoms with Gasteiger partial charge in [0.15, 0.2) is 0 Å². The summed E-state index contributed by atoms with van der Waals surface area (Å²) in [5.41, 5.74) is 2.84. The van der Waals surface area contributed by atoms with Crippen LogP contribution in [-0.4, -0.2) is 13.1 Å². The van der Waals surface area contributed by atoms with Crippen LogP contribution in [0.1, 0.15) is 22.3 Å². The molecule has 0 spiro atoms. The third-order valence-corrected chi connectivity index (χ3v) is 4.83. The van der Waals surface area contributed by atoms with E-state index in [0.717, 1.165) is 11.1 Å². The minimum atomic E-state index is -0.572. The van der Waals surface area contributed by atoms with E-state index in [2.05, 4.69) is 4.74 Å². The molecule has 0 aliphatic heterocycles. The molecule has 3 aromatic rings. The number of hydrogen-bond acceptors (Lipinski definition) is 5. The average Bonchev–Trinajstić information content (AvgIpc) is 2.65. The minimum Gasteiger partial charge on any atom is -0.487 e. The molecule has 2 aromatic carbocycles. The van der Waals surface area contributed by atoms with Crippen LogP contribution < -0.4 is 10.4 Å². The molecule has 27 heavy (non-hydrogen) atoms. The number of methoxy groups -OCH3 is 1. The van der Waals surface area contributed by atoms with E-state index < -0.39 is 11.6 Å². The van der Waals surface area contributed by atoms with E-state index in [1.54, 1.807) is 19.1 Å². The van der Waals surface area contributed by atoms with Gasteiger partial charge in [-0.2, -0.15) is 0 Å². The monoisotopic (exact) mass is 386 g/mol. The van der Waals surface area contributed by atoms with Crippen LogP contribution in [0.5, 0.6) is 5.75 Å². The Labute approximate surface area is 161 Å². The number of halogens is 1. The predicted octanol–water partition coefficient (Wildman–Crippen LogP) is 4.36. The zero-order chi connectivity index (χ0) is 19.6. The molecule has 0 bridgehead atoms. The third-order valence-electron chi connectivity index (χ3n) is 4.53. The fourth-order valence-corrected chi connectivity index (χ4v) is 3.07. The Morgan fingerprint density at radius 2 is 1.93 bits per heavy atom. The number of ether oxygens (including phenoxy) is 2. The lowest BCUT2D eigenvalue weighted by molar-refractivity contribution is -0.139. The molecule has 0 saturated carbocycles. The Balaban J connectivity index is 1.97. The van der Waals surface area contributed by atoms with Crippen LogP contribution in [0.4, 0.5) is 0 Å². The van der Waals surface area contributed by atoms with Crippen molar-refractivity contribution in [3.63, 3.8) is 0 Å². The van der Waals surface area contributed by atoms with Gasteiger partial charge < -0.3 is 13.9 Å². The summed E-state index contributed by atoms with van der Waals surface area (Å²) in [5.74, 6) is -0.0790. The molecule has 140 valence electrons. The lowest BCUT2D eigenvalue weighted by atomic mass is 10.0. The molecule has 0 fully saturated rings. The summed E-state index contributed by atoms with van der Waals surface area (Å²) in [6.45, 7) is 4.11. The molecule has 1 aromatic heterocycles. The lowest BCUT2D eigenvalue weighted by Gasteiger charge is -2.12. The van der Waals surface area contributed by atoms with Gasteiger partial charge in [0.1, 0.15) is 17.9 Å². The first-order valence-electron chi connectivity index (χ1n) is 8.40. The number of fused-ring (bicyclic) bond motifs is 1. The number of carbonyl (C=O) groups is 1. The zero-order valence-corrected chi connectivity index (χ0v) is 16.1. The number of rotatable bonds is 5. The minimum absolute atomic E-state index is 0.149. The Hall–Kier alpha value is -2.79. The fourth-order valence-electron chi connectivity index (χ4n) is 2.85. The van der Waals surface area contributed by atoms with E-state index in [-0.39, 0.29) is 12.0 Å². The van der Waals surface area contributed by atoms with Crippen molar-refractivity contribution in [1.82, 2.24) is 0 Å². The van der Waals surface area contributed by atoms with E-state index in [9.17, 15) is 9.59 Å². The molecular weight excluding hydrogens is 368 g/mol. The number of hydrogen-bond donors (Lipinski definition) is 0. The summed E-state index contributed by atoms with van der Waals surface area (Å²) in [7, 11) is 1.27. The fraction of sp³-hybridized carbons (Fsp3) is 0.238. The Morgan fingerprint density at radius 1 is 1.19 bits per heavy atom. The molecule has 0 aliphatic rings. The Morgan fingerprint density at radius 3 is 2.63 bits per heavy atom. The van der Waals surface area contributed by atoms with Gasteiger partial charge in [-0.3, -0.25) is 4.79 Å². The topological polar surface area (TPSA) is 65.7 Å². The molecule has 6 heteroatoms. The van der Waals surface area contributed by atoms with Crippen molar-refractivity contribution < 1.29 is 18.7 Å². The molecule has 0 atom stereocenters. The molecule has 3 rings (SSSR count). The highest BCUT2D eigenvalue weighted by atomic mass is 35.5. The first kappa shape index (κ1) is 19.0. The molecule has 0 N–H and O–H groups in total. The van der Waals surface area contributed by atoms with Gasteiger partial charge in [0, 0.05) is 11.5 Å². The number of benzene rings is 2.